The first-order chi connectivity index (χ1) is 9.10. The van der Waals surface area contributed by atoms with Crippen LogP contribution in [-0.4, -0.2) is 21.1 Å². The zero-order valence-electron chi connectivity index (χ0n) is 11.0. The fraction of sp³-hybridized carbons (Fsp3) is 0.357. The van der Waals surface area contributed by atoms with Crippen molar-refractivity contribution in [3.05, 3.63) is 34.6 Å². The average Bonchev–Trinajstić information content (AvgIpc) is 2.80. The van der Waals surface area contributed by atoms with Crippen molar-refractivity contribution in [2.45, 2.75) is 26.8 Å². The van der Waals surface area contributed by atoms with Gasteiger partial charge in [-0.25, -0.2) is 0 Å². The summed E-state index contributed by atoms with van der Waals surface area (Å²) >= 11 is 3.34. The highest BCUT2D eigenvalue weighted by molar-refractivity contribution is 9.10. The van der Waals surface area contributed by atoms with E-state index < -0.39 is 0 Å². The Hall–Kier alpha value is -1.49. The first kappa shape index (κ1) is 13.9. The second-order valence-corrected chi connectivity index (χ2v) is 5.77. The molecule has 2 aromatic rings. The maximum absolute atomic E-state index is 11.1. The third kappa shape index (κ3) is 3.50. The Balaban J connectivity index is 2.29. The Kier molecular flexibility index (Phi) is 4.47. The van der Waals surface area contributed by atoms with Gasteiger partial charge in [0.15, 0.2) is 6.29 Å². The van der Waals surface area contributed by atoms with Gasteiger partial charge in [0.1, 0.15) is 5.69 Å². The normalized spacial score (nSPS) is 10.9. The van der Waals surface area contributed by atoms with Gasteiger partial charge < -0.3 is 0 Å². The lowest BCUT2D eigenvalue weighted by atomic mass is 10.1. The molecule has 5 heteroatoms. The molecule has 100 valence electrons. The van der Waals surface area contributed by atoms with Crippen molar-refractivity contribution in [2.75, 3.05) is 0 Å². The van der Waals surface area contributed by atoms with Crippen molar-refractivity contribution in [3.63, 3.8) is 0 Å². The van der Waals surface area contributed by atoms with Gasteiger partial charge in [-0.15, -0.1) is 0 Å². The molecule has 0 spiro atoms. The molecule has 0 aromatic carbocycles. The Morgan fingerprint density at radius 3 is 2.79 bits per heavy atom. The summed E-state index contributed by atoms with van der Waals surface area (Å²) < 4.78 is 2.73. The molecule has 4 nitrogen and oxygen atoms in total. The van der Waals surface area contributed by atoms with Crippen LogP contribution < -0.4 is 0 Å². The molecule has 0 amide bonds. The quantitative estimate of drug-likeness (QED) is 0.791. The highest BCUT2D eigenvalue weighted by Gasteiger charge is 2.12. The van der Waals surface area contributed by atoms with Gasteiger partial charge in [0.05, 0.1) is 11.3 Å². The molecule has 0 aliphatic heterocycles. The van der Waals surface area contributed by atoms with Crippen LogP contribution in [0.5, 0.6) is 0 Å². The molecule has 0 atom stereocenters. The number of aromatic nitrogens is 3. The van der Waals surface area contributed by atoms with Crippen LogP contribution in [0.2, 0.25) is 0 Å². The van der Waals surface area contributed by atoms with Crippen molar-refractivity contribution < 1.29 is 4.79 Å². The number of hydrogen-bond donors (Lipinski definition) is 0. The summed E-state index contributed by atoms with van der Waals surface area (Å²) in [7, 11) is 0. The molecule has 19 heavy (non-hydrogen) atoms. The lowest BCUT2D eigenvalue weighted by molar-refractivity contribution is 0.112. The molecule has 0 radical (unpaired) electrons. The van der Waals surface area contributed by atoms with E-state index in [0.29, 0.717) is 22.9 Å². The zero-order chi connectivity index (χ0) is 13.8. The molecule has 2 aromatic heterocycles. The number of aldehydes is 1. The number of carbonyl (C=O) groups excluding carboxylic acids is 1. The summed E-state index contributed by atoms with van der Waals surface area (Å²) in [6.45, 7) is 5.15. The van der Waals surface area contributed by atoms with Crippen LogP contribution in [0.25, 0.3) is 11.4 Å². The molecule has 0 saturated heterocycles. The molecular formula is C14H16BrN3O. The molecule has 0 unspecified atom stereocenters. The van der Waals surface area contributed by atoms with Crippen molar-refractivity contribution in [1.29, 1.82) is 0 Å². The topological polar surface area (TPSA) is 47.8 Å². The van der Waals surface area contributed by atoms with Crippen LogP contribution in [0.4, 0.5) is 0 Å². The molecule has 0 N–H and O–H groups in total. The maximum Gasteiger partial charge on any atom is 0.153 e. The lowest BCUT2D eigenvalue weighted by Gasteiger charge is -2.03. The Morgan fingerprint density at radius 2 is 2.21 bits per heavy atom. The van der Waals surface area contributed by atoms with E-state index in [4.69, 9.17) is 0 Å². The molecule has 2 rings (SSSR count). The minimum absolute atomic E-state index is 0.582. The van der Waals surface area contributed by atoms with Crippen LogP contribution in [-0.2, 0) is 6.54 Å². The first-order valence-corrected chi connectivity index (χ1v) is 7.04. The van der Waals surface area contributed by atoms with E-state index in [-0.39, 0.29) is 0 Å². The van der Waals surface area contributed by atoms with E-state index in [1.54, 1.807) is 12.4 Å². The van der Waals surface area contributed by atoms with Crippen LogP contribution >= 0.6 is 15.9 Å². The second kappa shape index (κ2) is 6.10. The third-order valence-corrected chi connectivity index (χ3v) is 3.29. The minimum atomic E-state index is 0.582. The van der Waals surface area contributed by atoms with E-state index in [1.807, 2.05) is 16.8 Å². The van der Waals surface area contributed by atoms with E-state index in [0.717, 1.165) is 23.7 Å². The molecule has 0 saturated carbocycles. The molecular weight excluding hydrogens is 306 g/mol. The van der Waals surface area contributed by atoms with E-state index in [1.165, 1.54) is 0 Å². The van der Waals surface area contributed by atoms with Gasteiger partial charge >= 0.3 is 0 Å². The Morgan fingerprint density at radius 1 is 1.42 bits per heavy atom. The monoisotopic (exact) mass is 321 g/mol. The fourth-order valence-corrected chi connectivity index (χ4v) is 1.98. The minimum Gasteiger partial charge on any atom is -0.298 e. The molecule has 0 bridgehead atoms. The summed E-state index contributed by atoms with van der Waals surface area (Å²) in [6, 6.07) is 3.75. The number of rotatable bonds is 5. The zero-order valence-corrected chi connectivity index (χ0v) is 12.6. The van der Waals surface area contributed by atoms with Crippen molar-refractivity contribution in [3.8, 4) is 11.4 Å². The van der Waals surface area contributed by atoms with Gasteiger partial charge in [0.25, 0.3) is 0 Å². The summed E-state index contributed by atoms with van der Waals surface area (Å²) in [6.07, 6.45) is 5.36. The van der Waals surface area contributed by atoms with Gasteiger partial charge in [-0.1, -0.05) is 13.8 Å². The third-order valence-electron chi connectivity index (χ3n) is 2.82. The molecule has 0 aliphatic carbocycles. The van der Waals surface area contributed by atoms with Gasteiger partial charge in [0, 0.05) is 23.4 Å². The predicted molar refractivity (Wildman–Crippen MR) is 78.0 cm³/mol. The van der Waals surface area contributed by atoms with E-state index in [2.05, 4.69) is 39.9 Å². The molecule has 2 heterocycles. The van der Waals surface area contributed by atoms with Crippen LogP contribution in [0.1, 0.15) is 30.6 Å². The number of hydrogen-bond acceptors (Lipinski definition) is 3. The fourth-order valence-electron chi connectivity index (χ4n) is 1.74. The van der Waals surface area contributed by atoms with Crippen LogP contribution in [0, 0.1) is 5.92 Å². The van der Waals surface area contributed by atoms with Gasteiger partial charge in [0.2, 0.25) is 0 Å². The highest BCUT2D eigenvalue weighted by atomic mass is 79.9. The van der Waals surface area contributed by atoms with Crippen LogP contribution in [0.3, 0.4) is 0 Å². The summed E-state index contributed by atoms with van der Waals surface area (Å²) in [5, 5.41) is 4.46. The SMILES string of the molecule is CC(C)CCn1cc(C=O)c(-c2ccc(Br)cn2)n1. The van der Waals surface area contributed by atoms with Gasteiger partial charge in [-0.05, 0) is 40.4 Å². The van der Waals surface area contributed by atoms with Gasteiger partial charge in [-0.2, -0.15) is 5.10 Å². The highest BCUT2D eigenvalue weighted by Crippen LogP contribution is 2.20. The van der Waals surface area contributed by atoms with E-state index >= 15 is 0 Å². The van der Waals surface area contributed by atoms with Gasteiger partial charge in [-0.3, -0.25) is 14.5 Å². The Bertz CT molecular complexity index is 561. The van der Waals surface area contributed by atoms with Crippen molar-refractivity contribution in [1.82, 2.24) is 14.8 Å². The summed E-state index contributed by atoms with van der Waals surface area (Å²) in [5.74, 6) is 0.609. The number of halogens is 1. The molecule has 0 aliphatic rings. The van der Waals surface area contributed by atoms with Crippen molar-refractivity contribution >= 4 is 22.2 Å². The number of aryl methyl sites for hydroxylation is 1. The van der Waals surface area contributed by atoms with Crippen LogP contribution in [0.15, 0.2) is 29.0 Å². The smallest absolute Gasteiger partial charge is 0.153 e. The molecule has 0 fully saturated rings. The number of nitrogens with zero attached hydrogens (tertiary/aromatic N) is 3. The lowest BCUT2D eigenvalue weighted by Crippen LogP contribution is -2.02. The van der Waals surface area contributed by atoms with Crippen molar-refractivity contribution in [2.24, 2.45) is 5.92 Å². The largest absolute Gasteiger partial charge is 0.298 e. The number of pyridine rings is 1. The maximum atomic E-state index is 11.1. The predicted octanol–water partition coefficient (Wildman–Crippen LogP) is 3.57. The number of carbonyl (C=O) groups is 1. The summed E-state index contributed by atoms with van der Waals surface area (Å²) in [4.78, 5) is 15.4. The Labute approximate surface area is 121 Å². The first-order valence-electron chi connectivity index (χ1n) is 6.24. The van der Waals surface area contributed by atoms with E-state index in [9.17, 15) is 4.79 Å². The average molecular weight is 322 g/mol. The standard InChI is InChI=1S/C14H16BrN3O/c1-10(2)5-6-18-8-11(9-19)14(17-18)13-4-3-12(15)7-16-13/h3-4,7-10H,5-6H2,1-2H3. The summed E-state index contributed by atoms with van der Waals surface area (Å²) in [5.41, 5.74) is 1.94. The second-order valence-electron chi connectivity index (χ2n) is 4.86.